The van der Waals surface area contributed by atoms with E-state index in [-0.39, 0.29) is 5.56 Å². The molecule has 0 bridgehead atoms. The summed E-state index contributed by atoms with van der Waals surface area (Å²) in [7, 11) is -3.53. The molecule has 0 heterocycles. The molecule has 2 rings (SSSR count). The predicted octanol–water partition coefficient (Wildman–Crippen LogP) is 2.11. The van der Waals surface area contributed by atoms with Gasteiger partial charge in [0.05, 0.1) is 5.56 Å². The van der Waals surface area contributed by atoms with E-state index in [1.54, 1.807) is 0 Å². The lowest BCUT2D eigenvalue weighted by Crippen LogP contribution is -2.39. The van der Waals surface area contributed by atoms with Crippen LogP contribution in [0.4, 0.5) is 13.2 Å². The van der Waals surface area contributed by atoms with Gasteiger partial charge in [-0.25, -0.2) is 8.42 Å². The second-order valence-corrected chi connectivity index (χ2v) is 7.88. The van der Waals surface area contributed by atoms with Gasteiger partial charge in [0.25, 0.3) is 0 Å². The van der Waals surface area contributed by atoms with Crippen LogP contribution in [-0.4, -0.2) is 31.9 Å². The highest BCUT2D eigenvalue weighted by atomic mass is 32.2. The van der Waals surface area contributed by atoms with Crippen molar-refractivity contribution in [2.45, 2.75) is 36.7 Å². The maximum absolute atomic E-state index is 12.9. The van der Waals surface area contributed by atoms with E-state index >= 15 is 0 Å². The Kier molecular flexibility index (Phi) is 4.25. The molecule has 1 aromatic rings. The predicted molar refractivity (Wildman–Crippen MR) is 75.0 cm³/mol. The van der Waals surface area contributed by atoms with Crippen LogP contribution in [0.15, 0.2) is 24.3 Å². The summed E-state index contributed by atoms with van der Waals surface area (Å²) >= 11 is 0. The molecule has 22 heavy (non-hydrogen) atoms. The molecule has 0 saturated heterocycles. The zero-order valence-corrected chi connectivity index (χ0v) is 12.8. The third-order valence-electron chi connectivity index (χ3n) is 3.80. The molecule has 3 atom stereocenters. The summed E-state index contributed by atoms with van der Waals surface area (Å²) in [5, 5.41) is 1.29. The number of hydrogen-bond donors (Lipinski definition) is 1. The fraction of sp³-hybridized carbons (Fsp3) is 0.500. The van der Waals surface area contributed by atoms with Crippen LogP contribution in [0, 0.1) is 0 Å². The van der Waals surface area contributed by atoms with Crippen molar-refractivity contribution >= 4 is 15.7 Å². The van der Waals surface area contributed by atoms with Crippen LogP contribution in [-0.2, 0) is 20.8 Å². The van der Waals surface area contributed by atoms with Crippen LogP contribution < -0.4 is 5.32 Å². The average molecular weight is 335 g/mol. The summed E-state index contributed by atoms with van der Waals surface area (Å²) in [6.45, 7) is 1.26. The molecule has 122 valence electrons. The zero-order valence-electron chi connectivity index (χ0n) is 12.0. The lowest BCUT2D eigenvalue weighted by molar-refractivity contribution is -0.138. The first-order chi connectivity index (χ1) is 10.0. The van der Waals surface area contributed by atoms with Crippen molar-refractivity contribution in [2.24, 2.45) is 0 Å². The largest absolute Gasteiger partial charge is 0.416 e. The van der Waals surface area contributed by atoms with Crippen molar-refractivity contribution in [1.29, 1.82) is 0 Å². The minimum Gasteiger partial charge on any atom is -0.352 e. The van der Waals surface area contributed by atoms with Crippen molar-refractivity contribution in [2.75, 3.05) is 6.26 Å². The first kappa shape index (κ1) is 16.8. The lowest BCUT2D eigenvalue weighted by atomic mass is 10.0. The molecule has 0 unspecified atom stereocenters. The summed E-state index contributed by atoms with van der Waals surface area (Å²) in [6.07, 6.45) is -3.14. The van der Waals surface area contributed by atoms with Gasteiger partial charge in [-0.1, -0.05) is 18.2 Å². The van der Waals surface area contributed by atoms with Crippen LogP contribution in [0.5, 0.6) is 0 Å². The van der Waals surface area contributed by atoms with Crippen LogP contribution >= 0.6 is 0 Å². The van der Waals surface area contributed by atoms with Gasteiger partial charge < -0.3 is 5.32 Å². The Morgan fingerprint density at radius 2 is 1.91 bits per heavy atom. The molecule has 0 radical (unpaired) electrons. The highest BCUT2D eigenvalue weighted by Gasteiger charge is 2.45. The van der Waals surface area contributed by atoms with Gasteiger partial charge in [-0.3, -0.25) is 4.79 Å². The van der Waals surface area contributed by atoms with E-state index < -0.39 is 44.7 Å². The Morgan fingerprint density at radius 1 is 1.32 bits per heavy atom. The number of carbonyl (C=O) groups is 1. The molecule has 1 fully saturated rings. The number of benzene rings is 1. The summed E-state index contributed by atoms with van der Waals surface area (Å²) in [6, 6.07) is 4.76. The molecule has 0 aliphatic heterocycles. The topological polar surface area (TPSA) is 63.2 Å². The first-order valence-corrected chi connectivity index (χ1v) is 8.62. The van der Waals surface area contributed by atoms with E-state index in [1.807, 2.05) is 0 Å². The Hall–Kier alpha value is -1.57. The summed E-state index contributed by atoms with van der Waals surface area (Å²) < 4.78 is 61.4. The van der Waals surface area contributed by atoms with Gasteiger partial charge in [0.2, 0.25) is 5.91 Å². The van der Waals surface area contributed by atoms with Crippen molar-refractivity contribution in [3.05, 3.63) is 35.4 Å². The van der Waals surface area contributed by atoms with Crippen molar-refractivity contribution < 1.29 is 26.4 Å². The number of halogens is 3. The molecule has 1 amide bonds. The molecule has 1 aromatic carbocycles. The van der Waals surface area contributed by atoms with E-state index in [0.29, 0.717) is 6.42 Å². The smallest absolute Gasteiger partial charge is 0.352 e. The molecule has 0 spiro atoms. The molecular weight excluding hydrogens is 319 g/mol. The number of carbonyl (C=O) groups excluding carboxylic acids is 1. The zero-order chi connectivity index (χ0) is 16.7. The molecule has 0 aromatic heterocycles. The maximum atomic E-state index is 12.9. The molecule has 1 aliphatic rings. The molecule has 4 nitrogen and oxygen atoms in total. The van der Waals surface area contributed by atoms with Gasteiger partial charge in [-0.2, -0.15) is 13.2 Å². The molecule has 1 saturated carbocycles. The van der Waals surface area contributed by atoms with Crippen molar-refractivity contribution in [3.63, 3.8) is 0 Å². The fourth-order valence-corrected chi connectivity index (χ4v) is 2.73. The highest BCUT2D eigenvalue weighted by molar-refractivity contribution is 7.92. The van der Waals surface area contributed by atoms with Gasteiger partial charge in [-0.05, 0) is 25.0 Å². The Balaban J connectivity index is 2.10. The molecular formula is C14H16F3NO3S. The molecule has 1 N–H and O–H groups in total. The van der Waals surface area contributed by atoms with Crippen molar-refractivity contribution in [3.8, 4) is 0 Å². The van der Waals surface area contributed by atoms with E-state index in [0.717, 1.165) is 12.3 Å². The van der Waals surface area contributed by atoms with Crippen LogP contribution in [0.1, 0.15) is 30.4 Å². The minimum absolute atomic E-state index is 0.132. The minimum atomic E-state index is -4.45. The van der Waals surface area contributed by atoms with E-state index in [1.165, 1.54) is 25.1 Å². The van der Waals surface area contributed by atoms with E-state index in [2.05, 4.69) is 5.32 Å². The second kappa shape index (κ2) is 5.57. The summed E-state index contributed by atoms with van der Waals surface area (Å²) in [5.41, 5.74) is -0.583. The van der Waals surface area contributed by atoms with Gasteiger partial charge in [0.15, 0.2) is 9.84 Å². The van der Waals surface area contributed by atoms with Gasteiger partial charge >= 0.3 is 6.18 Å². The standard InChI is InChI=1S/C14H16F3NO3S/c1-8(22(2,20)21)13(19)18-12-7-10(12)9-5-3-4-6-11(9)14(15,16)17/h3-6,8,10,12H,7H2,1-2H3,(H,18,19)/t8-,10-,12+/m1/s1. The number of amides is 1. The molecule has 1 aliphatic carbocycles. The number of rotatable bonds is 4. The summed E-state index contributed by atoms with van der Waals surface area (Å²) in [5.74, 6) is -1.12. The first-order valence-electron chi connectivity index (χ1n) is 6.67. The SMILES string of the molecule is C[C@H](C(=O)N[C@H]1C[C@@H]1c1ccccc1C(F)(F)F)S(C)(=O)=O. The van der Waals surface area contributed by atoms with Crippen LogP contribution in [0.3, 0.4) is 0 Å². The van der Waals surface area contributed by atoms with Gasteiger partial charge in [0.1, 0.15) is 5.25 Å². The molecule has 8 heteroatoms. The van der Waals surface area contributed by atoms with E-state index in [9.17, 15) is 26.4 Å². The van der Waals surface area contributed by atoms with Crippen LogP contribution in [0.25, 0.3) is 0 Å². The Morgan fingerprint density at radius 3 is 2.45 bits per heavy atom. The quantitative estimate of drug-likeness (QED) is 0.917. The Labute approximate surface area is 126 Å². The second-order valence-electron chi connectivity index (χ2n) is 5.51. The number of nitrogens with one attached hydrogen (secondary N) is 1. The fourth-order valence-electron chi connectivity index (χ4n) is 2.27. The van der Waals surface area contributed by atoms with E-state index in [4.69, 9.17) is 0 Å². The van der Waals surface area contributed by atoms with Crippen molar-refractivity contribution in [1.82, 2.24) is 5.32 Å². The van der Waals surface area contributed by atoms with Gasteiger partial charge in [0, 0.05) is 18.2 Å². The Bertz CT molecular complexity index is 685. The maximum Gasteiger partial charge on any atom is 0.416 e. The number of alkyl halides is 3. The lowest BCUT2D eigenvalue weighted by Gasteiger charge is -2.13. The summed E-state index contributed by atoms with van der Waals surface area (Å²) in [4.78, 5) is 11.8. The third-order valence-corrected chi connectivity index (χ3v) is 5.29. The van der Waals surface area contributed by atoms with Gasteiger partial charge in [-0.15, -0.1) is 0 Å². The third kappa shape index (κ3) is 3.60. The number of hydrogen-bond acceptors (Lipinski definition) is 3. The normalized spacial score (nSPS) is 23.0. The average Bonchev–Trinajstić information content (AvgIpc) is 3.14. The number of sulfone groups is 1. The monoisotopic (exact) mass is 335 g/mol. The highest BCUT2D eigenvalue weighted by Crippen LogP contribution is 2.46. The van der Waals surface area contributed by atoms with Crippen LogP contribution in [0.2, 0.25) is 0 Å².